The van der Waals surface area contributed by atoms with Gasteiger partial charge in [0.1, 0.15) is 6.61 Å². The van der Waals surface area contributed by atoms with Gasteiger partial charge in [-0.1, -0.05) is 59.6 Å². The highest BCUT2D eigenvalue weighted by Gasteiger charge is 2.35. The zero-order valence-electron chi connectivity index (χ0n) is 18.6. The summed E-state index contributed by atoms with van der Waals surface area (Å²) in [5, 5.41) is 0.809. The van der Waals surface area contributed by atoms with E-state index in [-0.39, 0.29) is 24.3 Å². The topological polar surface area (TPSA) is 55.8 Å². The summed E-state index contributed by atoms with van der Waals surface area (Å²) in [5.74, 6) is 0.788. The number of benzene rings is 3. The van der Waals surface area contributed by atoms with Crippen LogP contribution in [0.3, 0.4) is 0 Å². The third-order valence-corrected chi connectivity index (χ3v) is 7.57. The van der Waals surface area contributed by atoms with Crippen LogP contribution in [0, 0.1) is 3.57 Å². The van der Waals surface area contributed by atoms with E-state index in [2.05, 4.69) is 22.6 Å². The number of hydrogen-bond acceptors (Lipinski definition) is 5. The van der Waals surface area contributed by atoms with E-state index in [1.807, 2.05) is 43.3 Å². The fourth-order valence-electron chi connectivity index (χ4n) is 3.42. The molecule has 1 saturated heterocycles. The highest BCUT2D eigenvalue weighted by molar-refractivity contribution is 14.1. The number of thioether (sulfide) groups is 1. The Bertz CT molecular complexity index is 1310. The molecule has 0 radical (unpaired) electrons. The van der Waals surface area contributed by atoms with Crippen molar-refractivity contribution in [3.63, 3.8) is 0 Å². The minimum atomic E-state index is -0.355. The maximum absolute atomic E-state index is 13.0. The summed E-state index contributed by atoms with van der Waals surface area (Å²) in [7, 11) is 0. The van der Waals surface area contributed by atoms with Crippen molar-refractivity contribution in [2.24, 2.45) is 0 Å². The summed E-state index contributed by atoms with van der Waals surface area (Å²) < 4.78 is 12.7. The predicted molar refractivity (Wildman–Crippen MR) is 149 cm³/mol. The molecule has 0 saturated carbocycles. The first-order valence-corrected chi connectivity index (χ1v) is 13.3. The number of hydrogen-bond donors (Lipinski definition) is 0. The zero-order valence-corrected chi connectivity index (χ0v) is 23.1. The van der Waals surface area contributed by atoms with E-state index in [9.17, 15) is 9.59 Å². The Morgan fingerprint density at radius 3 is 2.29 bits per heavy atom. The number of carbonyl (C=O) groups is 2. The molecule has 1 aliphatic heterocycles. The molecule has 0 spiro atoms. The number of imide groups is 1. The van der Waals surface area contributed by atoms with Gasteiger partial charge in [-0.25, -0.2) is 0 Å². The SMILES string of the molecule is CCOc1cc(/C=C2/SC(=O)N(Cc3ccccc3Cl)C2=O)cc(I)c1OCc1ccccc1Cl. The minimum absolute atomic E-state index is 0.123. The third kappa shape index (κ3) is 6.14. The van der Waals surface area contributed by atoms with Gasteiger partial charge in [-0.3, -0.25) is 14.5 Å². The van der Waals surface area contributed by atoms with Crippen molar-refractivity contribution in [3.8, 4) is 11.5 Å². The van der Waals surface area contributed by atoms with Crippen LogP contribution in [0.5, 0.6) is 11.5 Å². The lowest BCUT2D eigenvalue weighted by atomic mass is 10.1. The van der Waals surface area contributed by atoms with Gasteiger partial charge in [-0.2, -0.15) is 0 Å². The molecule has 180 valence electrons. The van der Waals surface area contributed by atoms with Crippen LogP contribution in [0.4, 0.5) is 4.79 Å². The molecule has 4 rings (SSSR count). The third-order valence-electron chi connectivity index (χ3n) is 5.12. The second-order valence-corrected chi connectivity index (χ2v) is 10.5. The first-order chi connectivity index (χ1) is 16.9. The number of ether oxygens (including phenoxy) is 2. The molecule has 0 N–H and O–H groups in total. The summed E-state index contributed by atoms with van der Waals surface area (Å²) >= 11 is 15.5. The lowest BCUT2D eigenvalue weighted by Gasteiger charge is -2.15. The van der Waals surface area contributed by atoms with Crippen molar-refractivity contribution in [3.05, 3.63) is 95.9 Å². The van der Waals surface area contributed by atoms with E-state index in [1.54, 1.807) is 30.3 Å². The Labute approximate surface area is 231 Å². The van der Waals surface area contributed by atoms with Crippen LogP contribution in [0.15, 0.2) is 65.6 Å². The number of nitrogens with zero attached hydrogens (tertiary/aromatic N) is 1. The lowest BCUT2D eigenvalue weighted by Crippen LogP contribution is -2.27. The van der Waals surface area contributed by atoms with Gasteiger partial charge >= 0.3 is 0 Å². The fraction of sp³-hybridized carbons (Fsp3) is 0.154. The summed E-state index contributed by atoms with van der Waals surface area (Å²) in [5.41, 5.74) is 2.31. The maximum atomic E-state index is 13.0. The van der Waals surface area contributed by atoms with E-state index in [4.69, 9.17) is 32.7 Å². The second-order valence-electron chi connectivity index (χ2n) is 7.50. The zero-order chi connectivity index (χ0) is 24.9. The molecule has 2 amide bonds. The van der Waals surface area contributed by atoms with Crippen LogP contribution in [0.1, 0.15) is 23.6 Å². The van der Waals surface area contributed by atoms with Gasteiger partial charge in [0.2, 0.25) is 0 Å². The van der Waals surface area contributed by atoms with Gasteiger partial charge in [-0.05, 0) is 82.7 Å². The molecule has 1 heterocycles. The number of amides is 2. The van der Waals surface area contributed by atoms with Crippen LogP contribution in [0.2, 0.25) is 10.0 Å². The highest BCUT2D eigenvalue weighted by atomic mass is 127. The Balaban J connectivity index is 1.57. The van der Waals surface area contributed by atoms with E-state index in [1.165, 1.54) is 4.90 Å². The van der Waals surface area contributed by atoms with Crippen LogP contribution in [0.25, 0.3) is 6.08 Å². The average Bonchev–Trinajstić information content (AvgIpc) is 3.08. The Hall–Kier alpha value is -2.20. The van der Waals surface area contributed by atoms with Crippen molar-refractivity contribution in [1.82, 2.24) is 4.90 Å². The van der Waals surface area contributed by atoms with E-state index in [0.717, 1.165) is 26.5 Å². The van der Waals surface area contributed by atoms with E-state index >= 15 is 0 Å². The quantitative estimate of drug-likeness (QED) is 0.186. The largest absolute Gasteiger partial charge is 0.490 e. The van der Waals surface area contributed by atoms with Gasteiger partial charge in [-0.15, -0.1) is 0 Å². The maximum Gasteiger partial charge on any atom is 0.293 e. The normalized spacial score (nSPS) is 14.6. The molecule has 0 aliphatic carbocycles. The molecule has 0 aromatic heterocycles. The first-order valence-electron chi connectivity index (χ1n) is 10.7. The summed E-state index contributed by atoms with van der Waals surface area (Å²) in [4.78, 5) is 27.1. The average molecular weight is 640 g/mol. The Morgan fingerprint density at radius 1 is 0.971 bits per heavy atom. The lowest BCUT2D eigenvalue weighted by molar-refractivity contribution is -0.123. The molecule has 3 aromatic carbocycles. The molecular weight excluding hydrogens is 620 g/mol. The molecule has 3 aromatic rings. The van der Waals surface area contributed by atoms with Crippen molar-refractivity contribution >= 4 is 74.8 Å². The predicted octanol–water partition coefficient (Wildman–Crippen LogP) is 7.81. The number of halogens is 3. The number of carbonyl (C=O) groups excluding carboxylic acids is 2. The summed E-state index contributed by atoms with van der Waals surface area (Å²) in [6.45, 7) is 2.74. The molecule has 1 fully saturated rings. The van der Waals surface area contributed by atoms with Gasteiger partial charge in [0.25, 0.3) is 11.1 Å². The molecule has 1 aliphatic rings. The number of rotatable bonds is 8. The second kappa shape index (κ2) is 11.7. The minimum Gasteiger partial charge on any atom is -0.490 e. The fourth-order valence-corrected chi connectivity index (χ4v) is 5.43. The smallest absolute Gasteiger partial charge is 0.293 e. The summed E-state index contributed by atoms with van der Waals surface area (Å²) in [6, 6.07) is 18.3. The Morgan fingerprint density at radius 2 is 1.63 bits per heavy atom. The van der Waals surface area contributed by atoms with Crippen LogP contribution < -0.4 is 9.47 Å². The molecule has 5 nitrogen and oxygen atoms in total. The van der Waals surface area contributed by atoms with Crippen molar-refractivity contribution in [2.45, 2.75) is 20.1 Å². The van der Waals surface area contributed by atoms with Crippen molar-refractivity contribution in [1.29, 1.82) is 0 Å². The summed E-state index contributed by atoms with van der Waals surface area (Å²) in [6.07, 6.45) is 1.69. The van der Waals surface area contributed by atoms with E-state index in [0.29, 0.717) is 38.6 Å². The van der Waals surface area contributed by atoms with Crippen LogP contribution in [-0.2, 0) is 17.9 Å². The van der Waals surface area contributed by atoms with E-state index < -0.39 is 0 Å². The first kappa shape index (κ1) is 25.9. The molecule has 35 heavy (non-hydrogen) atoms. The molecule has 9 heteroatoms. The molecular formula is C26H20Cl2INO4S. The molecule has 0 bridgehead atoms. The van der Waals surface area contributed by atoms with Gasteiger partial charge < -0.3 is 9.47 Å². The van der Waals surface area contributed by atoms with Crippen molar-refractivity contribution in [2.75, 3.05) is 6.61 Å². The van der Waals surface area contributed by atoms with Gasteiger partial charge in [0.05, 0.1) is 21.6 Å². The van der Waals surface area contributed by atoms with Gasteiger partial charge in [0.15, 0.2) is 11.5 Å². The molecule has 0 unspecified atom stereocenters. The van der Waals surface area contributed by atoms with Crippen LogP contribution >= 0.6 is 57.6 Å². The standard InChI is InChI=1S/C26H20Cl2INO4S/c1-2-33-22-12-16(11-21(29)24(22)34-15-18-8-4-6-10-20(18)28)13-23-25(31)30(26(32)35-23)14-17-7-3-5-9-19(17)27/h3-13H,2,14-15H2,1H3/b23-13+. The monoisotopic (exact) mass is 639 g/mol. The Kier molecular flexibility index (Phi) is 8.64. The van der Waals surface area contributed by atoms with Gasteiger partial charge in [0, 0.05) is 15.6 Å². The molecule has 0 atom stereocenters. The highest BCUT2D eigenvalue weighted by Crippen LogP contribution is 2.38. The van der Waals surface area contributed by atoms with Crippen LogP contribution in [-0.4, -0.2) is 22.7 Å². The van der Waals surface area contributed by atoms with Crippen molar-refractivity contribution < 1.29 is 19.1 Å².